The minimum Gasteiger partial charge on any atom is -0.485 e. The molecule has 1 saturated heterocycles. The van der Waals surface area contributed by atoms with E-state index in [0.717, 1.165) is 18.1 Å². The molecule has 156 valence electrons. The molecule has 4 heterocycles. The Labute approximate surface area is 176 Å². The third-order valence-corrected chi connectivity index (χ3v) is 6.13. The molecule has 0 saturated carbocycles. The highest BCUT2D eigenvalue weighted by atomic mass is 32.1. The first-order chi connectivity index (χ1) is 14.6. The number of carbonyl (C=O) groups excluding carboxylic acids is 1. The van der Waals surface area contributed by atoms with E-state index in [1.54, 1.807) is 6.92 Å². The van der Waals surface area contributed by atoms with E-state index in [2.05, 4.69) is 15.0 Å². The van der Waals surface area contributed by atoms with Gasteiger partial charge in [-0.3, -0.25) is 14.5 Å². The molecule has 3 aromatic rings. The fraction of sp³-hybridized carbons (Fsp3) is 0.400. The number of amides is 1. The van der Waals surface area contributed by atoms with Gasteiger partial charge < -0.3 is 14.4 Å². The van der Waals surface area contributed by atoms with Crippen molar-refractivity contribution in [1.82, 2.24) is 24.4 Å². The number of aromatic nitrogens is 3. The van der Waals surface area contributed by atoms with Crippen molar-refractivity contribution in [2.45, 2.75) is 19.6 Å². The van der Waals surface area contributed by atoms with Gasteiger partial charge in [0, 0.05) is 37.9 Å². The van der Waals surface area contributed by atoms with Gasteiger partial charge in [-0.1, -0.05) is 23.5 Å². The van der Waals surface area contributed by atoms with E-state index in [9.17, 15) is 9.59 Å². The molecular weight excluding hydrogens is 406 g/mol. The van der Waals surface area contributed by atoms with E-state index in [-0.39, 0.29) is 18.1 Å². The van der Waals surface area contributed by atoms with Crippen molar-refractivity contribution in [3.63, 3.8) is 0 Å². The predicted octanol–water partition coefficient (Wildman–Crippen LogP) is 0.944. The van der Waals surface area contributed by atoms with Gasteiger partial charge in [0.15, 0.2) is 11.5 Å². The van der Waals surface area contributed by atoms with Gasteiger partial charge in [-0.05, 0) is 19.1 Å². The van der Waals surface area contributed by atoms with E-state index in [1.165, 1.54) is 21.9 Å². The molecule has 0 spiro atoms. The van der Waals surface area contributed by atoms with Crippen LogP contribution in [-0.4, -0.2) is 69.2 Å². The average molecular weight is 427 g/mol. The number of benzene rings is 1. The van der Waals surface area contributed by atoms with Gasteiger partial charge in [-0.2, -0.15) is 9.61 Å². The van der Waals surface area contributed by atoms with Crippen molar-refractivity contribution in [1.29, 1.82) is 0 Å². The van der Waals surface area contributed by atoms with E-state index in [0.29, 0.717) is 41.8 Å². The average Bonchev–Trinajstić information content (AvgIpc) is 3.16. The molecule has 2 aliphatic heterocycles. The van der Waals surface area contributed by atoms with Crippen LogP contribution in [0.3, 0.4) is 0 Å². The SMILES string of the molecule is Cc1cc(=O)n2nc(CN3CCN(C(=O)[C@@H]4COc5ccccc5O4)CC3)sc2n1. The molecular formula is C20H21N5O4S. The van der Waals surface area contributed by atoms with Gasteiger partial charge in [0.05, 0.1) is 6.54 Å². The topological polar surface area (TPSA) is 89.3 Å². The van der Waals surface area contributed by atoms with Crippen molar-refractivity contribution in [2.24, 2.45) is 0 Å². The normalized spacial score (nSPS) is 19.2. The number of piperazine rings is 1. The fourth-order valence-corrected chi connectivity index (χ4v) is 4.67. The number of nitrogens with zero attached hydrogens (tertiary/aromatic N) is 5. The van der Waals surface area contributed by atoms with E-state index in [4.69, 9.17) is 9.47 Å². The third-order valence-electron chi connectivity index (χ3n) is 5.24. The number of hydrogen-bond donors (Lipinski definition) is 0. The summed E-state index contributed by atoms with van der Waals surface area (Å²) in [7, 11) is 0. The predicted molar refractivity (Wildman–Crippen MR) is 110 cm³/mol. The van der Waals surface area contributed by atoms with Gasteiger partial charge in [0.2, 0.25) is 11.1 Å². The molecule has 0 unspecified atom stereocenters. The second-order valence-corrected chi connectivity index (χ2v) is 8.43. The number of hydrogen-bond acceptors (Lipinski definition) is 8. The molecule has 0 aliphatic carbocycles. The van der Waals surface area contributed by atoms with Crippen LogP contribution in [0.5, 0.6) is 11.5 Å². The van der Waals surface area contributed by atoms with Crippen LogP contribution in [0, 0.1) is 6.92 Å². The summed E-state index contributed by atoms with van der Waals surface area (Å²) in [6, 6.07) is 8.87. The highest BCUT2D eigenvalue weighted by molar-refractivity contribution is 7.16. The van der Waals surface area contributed by atoms with Crippen LogP contribution in [0.2, 0.25) is 0 Å². The molecule has 0 N–H and O–H groups in total. The fourth-order valence-electron chi connectivity index (χ4n) is 3.69. The summed E-state index contributed by atoms with van der Waals surface area (Å²) in [5, 5.41) is 5.24. The minimum atomic E-state index is -0.614. The van der Waals surface area contributed by atoms with Crippen LogP contribution in [0.25, 0.3) is 4.96 Å². The minimum absolute atomic E-state index is 0.0460. The maximum absolute atomic E-state index is 12.9. The molecule has 1 atom stereocenters. The van der Waals surface area contributed by atoms with Crippen LogP contribution in [0.4, 0.5) is 0 Å². The molecule has 30 heavy (non-hydrogen) atoms. The van der Waals surface area contributed by atoms with Crippen molar-refractivity contribution in [3.05, 3.63) is 51.4 Å². The summed E-state index contributed by atoms with van der Waals surface area (Å²) in [5.74, 6) is 1.23. The first kappa shape index (κ1) is 19.0. The number of ether oxygens (including phenoxy) is 2. The Morgan fingerprint density at radius 1 is 1.20 bits per heavy atom. The second kappa shape index (κ2) is 7.69. The highest BCUT2D eigenvalue weighted by Crippen LogP contribution is 2.31. The summed E-state index contributed by atoms with van der Waals surface area (Å²) in [5.41, 5.74) is 0.533. The Morgan fingerprint density at radius 2 is 1.97 bits per heavy atom. The molecule has 2 aliphatic rings. The largest absolute Gasteiger partial charge is 0.485 e. The van der Waals surface area contributed by atoms with Crippen LogP contribution in [0.15, 0.2) is 35.1 Å². The van der Waals surface area contributed by atoms with E-state index >= 15 is 0 Å². The second-order valence-electron chi connectivity index (χ2n) is 7.39. The number of fused-ring (bicyclic) bond motifs is 2. The number of para-hydroxylation sites is 2. The number of rotatable bonds is 3. The standard InChI is InChI=1S/C20H21N5O4S/c1-13-10-18(26)25-20(21-13)30-17(22-25)11-23-6-8-24(9-7-23)19(27)16-12-28-14-4-2-3-5-15(14)29-16/h2-5,10,16H,6-9,11-12H2,1H3/t16-/m0/s1. The summed E-state index contributed by atoms with van der Waals surface area (Å²) in [6.45, 7) is 5.34. The van der Waals surface area contributed by atoms with E-state index in [1.807, 2.05) is 29.2 Å². The molecule has 5 rings (SSSR count). The van der Waals surface area contributed by atoms with Crippen LogP contribution in [-0.2, 0) is 11.3 Å². The van der Waals surface area contributed by atoms with Gasteiger partial charge in [0.1, 0.15) is 11.6 Å². The lowest BCUT2D eigenvalue weighted by Crippen LogP contribution is -2.53. The zero-order chi connectivity index (χ0) is 20.7. The first-order valence-corrected chi connectivity index (χ1v) is 10.6. The zero-order valence-electron chi connectivity index (χ0n) is 16.5. The monoisotopic (exact) mass is 427 g/mol. The summed E-state index contributed by atoms with van der Waals surface area (Å²) in [6.07, 6.45) is -0.614. The van der Waals surface area contributed by atoms with Gasteiger partial charge >= 0.3 is 0 Å². The number of carbonyl (C=O) groups is 1. The lowest BCUT2D eigenvalue weighted by Gasteiger charge is -2.36. The Morgan fingerprint density at radius 3 is 2.77 bits per heavy atom. The quantitative estimate of drug-likeness (QED) is 0.615. The highest BCUT2D eigenvalue weighted by Gasteiger charge is 2.32. The smallest absolute Gasteiger partial charge is 0.275 e. The van der Waals surface area contributed by atoms with Crippen molar-refractivity contribution in [3.8, 4) is 11.5 Å². The third kappa shape index (κ3) is 3.63. The molecule has 1 aromatic carbocycles. The maximum Gasteiger partial charge on any atom is 0.275 e. The Hall–Kier alpha value is -2.98. The molecule has 1 fully saturated rings. The summed E-state index contributed by atoms with van der Waals surface area (Å²) >= 11 is 1.42. The van der Waals surface area contributed by atoms with E-state index < -0.39 is 6.10 Å². The van der Waals surface area contributed by atoms with Gasteiger partial charge in [-0.25, -0.2) is 4.98 Å². The van der Waals surface area contributed by atoms with Crippen molar-refractivity contribution < 1.29 is 14.3 Å². The molecule has 0 radical (unpaired) electrons. The van der Waals surface area contributed by atoms with Gasteiger partial charge in [0.25, 0.3) is 11.5 Å². The Balaban J connectivity index is 1.19. The maximum atomic E-state index is 12.9. The van der Waals surface area contributed by atoms with Crippen LogP contribution < -0.4 is 15.0 Å². The summed E-state index contributed by atoms with van der Waals surface area (Å²) < 4.78 is 12.9. The lowest BCUT2D eigenvalue weighted by molar-refractivity contribution is -0.143. The number of aryl methyl sites for hydroxylation is 1. The molecule has 0 bridgehead atoms. The van der Waals surface area contributed by atoms with Gasteiger partial charge in [-0.15, -0.1) is 0 Å². The Bertz CT molecular complexity index is 1150. The molecule has 10 heteroatoms. The van der Waals surface area contributed by atoms with Crippen LogP contribution in [0.1, 0.15) is 10.7 Å². The Kier molecular flexibility index (Phi) is 4.87. The first-order valence-electron chi connectivity index (χ1n) is 9.83. The van der Waals surface area contributed by atoms with Crippen molar-refractivity contribution in [2.75, 3.05) is 32.8 Å². The molecule has 9 nitrogen and oxygen atoms in total. The summed E-state index contributed by atoms with van der Waals surface area (Å²) in [4.78, 5) is 33.9. The van der Waals surface area contributed by atoms with Crippen molar-refractivity contribution >= 4 is 22.2 Å². The zero-order valence-corrected chi connectivity index (χ0v) is 17.3. The molecule has 2 aromatic heterocycles. The van der Waals surface area contributed by atoms with Crippen LogP contribution >= 0.6 is 11.3 Å². The molecule has 1 amide bonds. The lowest BCUT2D eigenvalue weighted by atomic mass is 10.2.